The largest absolute Gasteiger partial charge is 0.368 e. The van der Waals surface area contributed by atoms with Crippen LogP contribution in [0.1, 0.15) is 5.82 Å². The quantitative estimate of drug-likeness (QED) is 0.693. The van der Waals surface area contributed by atoms with Crippen LogP contribution >= 0.6 is 11.3 Å². The third-order valence-electron chi connectivity index (χ3n) is 2.20. The van der Waals surface area contributed by atoms with Gasteiger partial charge in [-0.15, -0.1) is 5.10 Å². The normalized spacial score (nSPS) is 11.1. The number of thiazole rings is 1. The first-order valence-corrected chi connectivity index (χ1v) is 5.61. The molecule has 3 rings (SSSR count). The molecule has 2 N–H and O–H groups in total. The molecule has 0 spiro atoms. The number of fused-ring (bicyclic) bond motifs is 1. The smallest absolute Gasteiger partial charge is 0.225 e. The second-order valence-corrected chi connectivity index (χ2v) is 4.40. The Morgan fingerprint density at radius 1 is 1.25 bits per heavy atom. The van der Waals surface area contributed by atoms with Crippen molar-refractivity contribution in [2.45, 2.75) is 6.92 Å². The molecule has 0 aliphatic heterocycles. The van der Waals surface area contributed by atoms with Gasteiger partial charge in [-0.25, -0.2) is 4.98 Å². The number of hydrogen-bond acceptors (Lipinski definition) is 5. The van der Waals surface area contributed by atoms with E-state index in [1.807, 2.05) is 24.3 Å². The van der Waals surface area contributed by atoms with Crippen molar-refractivity contribution < 1.29 is 0 Å². The fourth-order valence-electron chi connectivity index (χ4n) is 1.52. The Morgan fingerprint density at radius 2 is 2.06 bits per heavy atom. The van der Waals surface area contributed by atoms with Crippen LogP contribution in [0.5, 0.6) is 0 Å². The lowest BCUT2D eigenvalue weighted by Crippen LogP contribution is -2.01. The van der Waals surface area contributed by atoms with Gasteiger partial charge in [0.1, 0.15) is 5.82 Å². The molecule has 0 unspecified atom stereocenters. The second-order valence-electron chi connectivity index (χ2n) is 3.39. The molecule has 0 bridgehead atoms. The molecule has 0 atom stereocenters. The van der Waals surface area contributed by atoms with Crippen molar-refractivity contribution in [3.8, 4) is 5.13 Å². The monoisotopic (exact) mass is 231 g/mol. The minimum absolute atomic E-state index is 0.372. The lowest BCUT2D eigenvalue weighted by molar-refractivity contribution is 0.865. The van der Waals surface area contributed by atoms with E-state index in [0.29, 0.717) is 11.8 Å². The predicted octanol–water partition coefficient (Wildman–Crippen LogP) is 1.77. The summed E-state index contributed by atoms with van der Waals surface area (Å²) >= 11 is 1.55. The van der Waals surface area contributed by atoms with Gasteiger partial charge in [-0.1, -0.05) is 23.5 Å². The summed E-state index contributed by atoms with van der Waals surface area (Å²) in [5, 5.41) is 4.95. The zero-order valence-electron chi connectivity index (χ0n) is 8.58. The number of aryl methyl sites for hydroxylation is 1. The SMILES string of the molecule is Cc1nc(N)n(-c2nc3ccccc3s2)n1. The van der Waals surface area contributed by atoms with Crippen molar-refractivity contribution in [1.29, 1.82) is 0 Å². The number of rotatable bonds is 1. The van der Waals surface area contributed by atoms with Crippen LogP contribution in [0.4, 0.5) is 5.95 Å². The average Bonchev–Trinajstić information content (AvgIpc) is 2.81. The zero-order chi connectivity index (χ0) is 11.1. The highest BCUT2D eigenvalue weighted by atomic mass is 32.1. The highest BCUT2D eigenvalue weighted by molar-refractivity contribution is 7.20. The molecule has 2 heterocycles. The van der Waals surface area contributed by atoms with E-state index in [1.165, 1.54) is 0 Å². The van der Waals surface area contributed by atoms with Gasteiger partial charge < -0.3 is 5.73 Å². The summed E-state index contributed by atoms with van der Waals surface area (Å²) in [6.07, 6.45) is 0. The lowest BCUT2D eigenvalue weighted by atomic mass is 10.3. The van der Waals surface area contributed by atoms with Gasteiger partial charge >= 0.3 is 0 Å². The molecule has 0 fully saturated rings. The van der Waals surface area contributed by atoms with E-state index in [1.54, 1.807) is 22.9 Å². The van der Waals surface area contributed by atoms with Crippen molar-refractivity contribution in [2.75, 3.05) is 5.73 Å². The van der Waals surface area contributed by atoms with Crippen LogP contribution in [0.15, 0.2) is 24.3 Å². The number of para-hydroxylation sites is 1. The van der Waals surface area contributed by atoms with Crippen molar-refractivity contribution in [3.05, 3.63) is 30.1 Å². The van der Waals surface area contributed by atoms with Crippen LogP contribution in [-0.2, 0) is 0 Å². The van der Waals surface area contributed by atoms with Crippen molar-refractivity contribution in [2.24, 2.45) is 0 Å². The van der Waals surface area contributed by atoms with Crippen LogP contribution in [0, 0.1) is 6.92 Å². The van der Waals surface area contributed by atoms with E-state index in [0.717, 1.165) is 15.3 Å². The molecule has 0 aliphatic rings. The van der Waals surface area contributed by atoms with Crippen LogP contribution in [-0.4, -0.2) is 19.7 Å². The topological polar surface area (TPSA) is 69.6 Å². The standard InChI is InChI=1S/C10H9N5S/c1-6-12-9(11)15(14-6)10-13-7-4-2-3-5-8(7)16-10/h2-5H,1H3,(H2,11,12,14). The van der Waals surface area contributed by atoms with E-state index in [9.17, 15) is 0 Å². The molecule has 5 nitrogen and oxygen atoms in total. The van der Waals surface area contributed by atoms with Crippen molar-refractivity contribution >= 4 is 27.5 Å². The third kappa shape index (κ3) is 1.35. The van der Waals surface area contributed by atoms with E-state index in [-0.39, 0.29) is 0 Å². The van der Waals surface area contributed by atoms with Gasteiger partial charge in [0.05, 0.1) is 10.2 Å². The number of nitrogens with zero attached hydrogens (tertiary/aromatic N) is 4. The molecular weight excluding hydrogens is 222 g/mol. The Kier molecular flexibility index (Phi) is 1.90. The zero-order valence-corrected chi connectivity index (χ0v) is 9.40. The first-order valence-electron chi connectivity index (χ1n) is 4.79. The molecule has 0 saturated carbocycles. The Bertz CT molecular complexity index is 621. The van der Waals surface area contributed by atoms with E-state index in [4.69, 9.17) is 5.73 Å². The number of nitrogen functional groups attached to an aromatic ring is 1. The number of benzene rings is 1. The molecule has 0 aliphatic carbocycles. The third-order valence-corrected chi connectivity index (χ3v) is 3.21. The van der Waals surface area contributed by atoms with Gasteiger partial charge in [-0.05, 0) is 19.1 Å². The van der Waals surface area contributed by atoms with Crippen LogP contribution < -0.4 is 5.73 Å². The Hall–Kier alpha value is -1.95. The van der Waals surface area contributed by atoms with Crippen molar-refractivity contribution in [1.82, 2.24) is 19.7 Å². The van der Waals surface area contributed by atoms with Crippen molar-refractivity contribution in [3.63, 3.8) is 0 Å². The van der Waals surface area contributed by atoms with Gasteiger partial charge in [-0.3, -0.25) is 0 Å². The van der Waals surface area contributed by atoms with Gasteiger partial charge in [0.25, 0.3) is 0 Å². The van der Waals surface area contributed by atoms with Gasteiger partial charge in [0.15, 0.2) is 0 Å². The Morgan fingerprint density at radius 3 is 2.75 bits per heavy atom. The molecule has 0 saturated heterocycles. The second kappa shape index (κ2) is 3.28. The minimum Gasteiger partial charge on any atom is -0.368 e. The molecular formula is C10H9N5S. The van der Waals surface area contributed by atoms with Crippen LogP contribution in [0.25, 0.3) is 15.3 Å². The first-order chi connectivity index (χ1) is 7.74. The average molecular weight is 231 g/mol. The summed E-state index contributed by atoms with van der Waals surface area (Å²) in [7, 11) is 0. The fourth-order valence-corrected chi connectivity index (χ4v) is 2.45. The maximum Gasteiger partial charge on any atom is 0.225 e. The van der Waals surface area contributed by atoms with Crippen LogP contribution in [0.3, 0.4) is 0 Å². The highest BCUT2D eigenvalue weighted by Gasteiger charge is 2.10. The summed E-state index contributed by atoms with van der Waals surface area (Å²) in [5.41, 5.74) is 6.71. The van der Waals surface area contributed by atoms with Gasteiger partial charge in [-0.2, -0.15) is 9.67 Å². The molecule has 1 aromatic carbocycles. The van der Waals surface area contributed by atoms with E-state index in [2.05, 4.69) is 15.1 Å². The van der Waals surface area contributed by atoms with E-state index >= 15 is 0 Å². The summed E-state index contributed by atoms with van der Waals surface area (Å²) in [6, 6.07) is 7.94. The van der Waals surface area contributed by atoms with Gasteiger partial charge in [0.2, 0.25) is 11.1 Å². The van der Waals surface area contributed by atoms with E-state index < -0.39 is 0 Å². The summed E-state index contributed by atoms with van der Waals surface area (Å²) in [5.74, 6) is 1.02. The number of aromatic nitrogens is 4. The summed E-state index contributed by atoms with van der Waals surface area (Å²) in [6.45, 7) is 1.81. The van der Waals surface area contributed by atoms with Gasteiger partial charge in [0, 0.05) is 0 Å². The molecule has 3 aromatic rings. The Labute approximate surface area is 95.6 Å². The Balaban J connectivity index is 2.22. The predicted molar refractivity (Wildman–Crippen MR) is 63.7 cm³/mol. The maximum absolute atomic E-state index is 5.75. The number of hydrogen-bond donors (Lipinski definition) is 1. The molecule has 2 aromatic heterocycles. The molecule has 16 heavy (non-hydrogen) atoms. The molecule has 6 heteroatoms. The highest BCUT2D eigenvalue weighted by Crippen LogP contribution is 2.25. The fraction of sp³-hybridized carbons (Fsp3) is 0.100. The minimum atomic E-state index is 0.372. The molecule has 0 amide bonds. The van der Waals surface area contributed by atoms with Crippen LogP contribution in [0.2, 0.25) is 0 Å². The molecule has 80 valence electrons. The number of nitrogens with two attached hydrogens (primary N) is 1. The summed E-state index contributed by atoms with van der Waals surface area (Å²) in [4.78, 5) is 8.51. The maximum atomic E-state index is 5.75. The first kappa shape index (κ1) is 9.29. The molecule has 0 radical (unpaired) electrons. The number of anilines is 1. The summed E-state index contributed by atoms with van der Waals surface area (Å²) < 4.78 is 2.69. The lowest BCUT2D eigenvalue weighted by Gasteiger charge is -1.93.